The number of carbonyl (C=O) groups is 1. The summed E-state index contributed by atoms with van der Waals surface area (Å²) in [6.07, 6.45) is 6.08. The zero-order valence-corrected chi connectivity index (χ0v) is 18.0. The third-order valence-electron chi connectivity index (χ3n) is 4.51. The molecule has 0 heterocycles. The molecule has 1 N–H and O–H groups in total. The van der Waals surface area contributed by atoms with Crippen LogP contribution in [-0.4, -0.2) is 19.1 Å². The Kier molecular flexibility index (Phi) is 9.47. The molecule has 0 unspecified atom stereocenters. The summed E-state index contributed by atoms with van der Waals surface area (Å²) in [6, 6.07) is 14.8. The second kappa shape index (κ2) is 12.3. The smallest absolute Gasteiger partial charge is 0.266 e. The van der Waals surface area contributed by atoms with Gasteiger partial charge in [0.25, 0.3) is 5.91 Å². The van der Waals surface area contributed by atoms with Crippen molar-refractivity contribution in [1.82, 2.24) is 0 Å². The molecule has 0 spiro atoms. The highest BCUT2D eigenvalue weighted by Crippen LogP contribution is 2.29. The number of amides is 1. The van der Waals surface area contributed by atoms with E-state index in [1.54, 1.807) is 12.1 Å². The number of nitriles is 1. The molecule has 0 bridgehead atoms. The van der Waals surface area contributed by atoms with E-state index in [-0.39, 0.29) is 5.57 Å². The summed E-state index contributed by atoms with van der Waals surface area (Å²) in [5.41, 5.74) is 2.47. The van der Waals surface area contributed by atoms with E-state index in [2.05, 4.69) is 12.2 Å². The summed E-state index contributed by atoms with van der Waals surface area (Å²) in [5, 5.41) is 12.2. The quantitative estimate of drug-likeness (QED) is 0.286. The highest BCUT2D eigenvalue weighted by molar-refractivity contribution is 6.09. The fourth-order valence-electron chi connectivity index (χ4n) is 2.86. The van der Waals surface area contributed by atoms with Crippen molar-refractivity contribution >= 4 is 17.7 Å². The van der Waals surface area contributed by atoms with Gasteiger partial charge in [0, 0.05) is 5.69 Å². The summed E-state index contributed by atoms with van der Waals surface area (Å²) in [6.45, 7) is 7.19. The highest BCUT2D eigenvalue weighted by Gasteiger charge is 2.11. The van der Waals surface area contributed by atoms with E-state index in [0.29, 0.717) is 36.0 Å². The van der Waals surface area contributed by atoms with Crippen LogP contribution in [0.2, 0.25) is 0 Å². The lowest BCUT2D eigenvalue weighted by Crippen LogP contribution is -2.13. The Hall–Kier alpha value is -3.26. The molecule has 30 heavy (non-hydrogen) atoms. The monoisotopic (exact) mass is 406 g/mol. The number of nitrogens with one attached hydrogen (secondary N) is 1. The van der Waals surface area contributed by atoms with Crippen LogP contribution in [0.15, 0.2) is 48.0 Å². The van der Waals surface area contributed by atoms with Crippen molar-refractivity contribution in [2.45, 2.75) is 46.5 Å². The van der Waals surface area contributed by atoms with Gasteiger partial charge in [-0.2, -0.15) is 5.26 Å². The van der Waals surface area contributed by atoms with E-state index in [9.17, 15) is 10.1 Å². The third kappa shape index (κ3) is 7.29. The molecule has 2 rings (SSSR count). The minimum Gasteiger partial charge on any atom is -0.490 e. The van der Waals surface area contributed by atoms with Gasteiger partial charge in [0.2, 0.25) is 0 Å². The van der Waals surface area contributed by atoms with Crippen molar-refractivity contribution in [1.29, 1.82) is 5.26 Å². The Balaban J connectivity index is 2.12. The van der Waals surface area contributed by atoms with Crippen LogP contribution >= 0.6 is 0 Å². The van der Waals surface area contributed by atoms with Crippen molar-refractivity contribution in [2.24, 2.45) is 0 Å². The van der Waals surface area contributed by atoms with Crippen LogP contribution < -0.4 is 14.8 Å². The number of unbranched alkanes of at least 4 members (excludes halogenated alkanes) is 3. The molecule has 0 saturated carbocycles. The Morgan fingerprint density at radius 1 is 1.03 bits per heavy atom. The van der Waals surface area contributed by atoms with E-state index in [4.69, 9.17) is 9.47 Å². The average molecular weight is 407 g/mol. The summed E-state index contributed by atoms with van der Waals surface area (Å²) in [4.78, 5) is 12.5. The Morgan fingerprint density at radius 2 is 1.80 bits per heavy atom. The van der Waals surface area contributed by atoms with E-state index >= 15 is 0 Å². The Morgan fingerprint density at radius 3 is 2.47 bits per heavy atom. The van der Waals surface area contributed by atoms with E-state index in [0.717, 1.165) is 18.4 Å². The topological polar surface area (TPSA) is 71.3 Å². The number of nitrogens with zero attached hydrogens (tertiary/aromatic N) is 1. The molecule has 5 heteroatoms. The zero-order valence-electron chi connectivity index (χ0n) is 18.0. The van der Waals surface area contributed by atoms with Crippen LogP contribution in [0.3, 0.4) is 0 Å². The van der Waals surface area contributed by atoms with Gasteiger partial charge in [-0.25, -0.2) is 0 Å². The predicted octanol–water partition coefficient (Wildman–Crippen LogP) is 5.90. The third-order valence-corrected chi connectivity index (χ3v) is 4.51. The van der Waals surface area contributed by atoms with Crippen molar-refractivity contribution in [3.8, 4) is 17.6 Å². The maximum Gasteiger partial charge on any atom is 0.266 e. The zero-order chi connectivity index (χ0) is 21.8. The maximum absolute atomic E-state index is 12.5. The van der Waals surface area contributed by atoms with Gasteiger partial charge < -0.3 is 14.8 Å². The number of aryl methyl sites for hydroxylation is 1. The SMILES string of the molecule is CCCCCCOc1ccc(C=C(C#N)C(=O)Nc2ccc(C)cc2)cc1OCC. The second-order valence-corrected chi connectivity index (χ2v) is 7.04. The maximum atomic E-state index is 12.5. The molecular weight excluding hydrogens is 376 g/mol. The Bertz CT molecular complexity index is 896. The fraction of sp³-hybridized carbons (Fsp3) is 0.360. The van der Waals surface area contributed by atoms with Gasteiger partial charge in [-0.05, 0) is 56.2 Å². The number of hydrogen-bond donors (Lipinski definition) is 1. The van der Waals surface area contributed by atoms with Gasteiger partial charge in [0.05, 0.1) is 13.2 Å². The van der Waals surface area contributed by atoms with Crippen LogP contribution in [0.25, 0.3) is 6.08 Å². The normalized spacial score (nSPS) is 10.9. The molecule has 0 aliphatic carbocycles. The molecular formula is C25H30N2O3. The second-order valence-electron chi connectivity index (χ2n) is 7.04. The molecule has 2 aromatic carbocycles. The molecule has 5 nitrogen and oxygen atoms in total. The summed E-state index contributed by atoms with van der Waals surface area (Å²) < 4.78 is 11.6. The molecule has 0 atom stereocenters. The minimum absolute atomic E-state index is 0.0197. The van der Waals surface area contributed by atoms with E-state index < -0.39 is 5.91 Å². The van der Waals surface area contributed by atoms with Gasteiger partial charge in [-0.15, -0.1) is 0 Å². The molecule has 0 radical (unpaired) electrons. The fourth-order valence-corrected chi connectivity index (χ4v) is 2.86. The number of anilines is 1. The summed E-state index contributed by atoms with van der Waals surface area (Å²) >= 11 is 0. The predicted molar refractivity (Wildman–Crippen MR) is 121 cm³/mol. The largest absolute Gasteiger partial charge is 0.490 e. The number of benzene rings is 2. The van der Waals surface area contributed by atoms with Gasteiger partial charge in [0.15, 0.2) is 11.5 Å². The first-order valence-corrected chi connectivity index (χ1v) is 10.5. The number of carbonyl (C=O) groups excluding carboxylic acids is 1. The minimum atomic E-state index is -0.449. The molecule has 0 fully saturated rings. The first-order chi connectivity index (χ1) is 14.6. The molecule has 158 valence electrons. The lowest BCUT2D eigenvalue weighted by atomic mass is 10.1. The van der Waals surface area contributed by atoms with Gasteiger partial charge in [-0.3, -0.25) is 4.79 Å². The number of rotatable bonds is 11. The van der Waals surface area contributed by atoms with Crippen molar-refractivity contribution in [3.05, 3.63) is 59.2 Å². The number of hydrogen-bond acceptors (Lipinski definition) is 4. The van der Waals surface area contributed by atoms with Crippen LogP contribution in [0.4, 0.5) is 5.69 Å². The van der Waals surface area contributed by atoms with Crippen molar-refractivity contribution in [2.75, 3.05) is 18.5 Å². The lowest BCUT2D eigenvalue weighted by Gasteiger charge is -2.13. The standard InChI is InChI=1S/C25H30N2O3/c1-4-6-7-8-15-30-23-14-11-20(17-24(23)29-5-2)16-21(18-26)25(28)27-22-12-9-19(3)10-13-22/h9-14,16-17H,4-8,15H2,1-3H3,(H,27,28). The van der Waals surface area contributed by atoms with Gasteiger partial charge in [0.1, 0.15) is 11.6 Å². The van der Waals surface area contributed by atoms with E-state index in [1.807, 2.05) is 56.3 Å². The summed E-state index contributed by atoms with van der Waals surface area (Å²) in [5.74, 6) is 0.835. The molecule has 0 aliphatic rings. The first-order valence-electron chi connectivity index (χ1n) is 10.5. The van der Waals surface area contributed by atoms with Crippen LogP contribution in [0, 0.1) is 18.3 Å². The average Bonchev–Trinajstić information content (AvgIpc) is 2.75. The Labute approximate surface area is 179 Å². The summed E-state index contributed by atoms with van der Waals surface area (Å²) in [7, 11) is 0. The molecule has 0 aromatic heterocycles. The van der Waals surface area contributed by atoms with Crippen LogP contribution in [0.1, 0.15) is 50.7 Å². The molecule has 1 amide bonds. The molecule has 0 saturated heterocycles. The molecule has 2 aromatic rings. The van der Waals surface area contributed by atoms with Crippen LogP contribution in [-0.2, 0) is 4.79 Å². The van der Waals surface area contributed by atoms with Crippen molar-refractivity contribution < 1.29 is 14.3 Å². The molecule has 0 aliphatic heterocycles. The van der Waals surface area contributed by atoms with Crippen LogP contribution in [0.5, 0.6) is 11.5 Å². The van der Waals surface area contributed by atoms with Crippen molar-refractivity contribution in [3.63, 3.8) is 0 Å². The van der Waals surface area contributed by atoms with E-state index in [1.165, 1.54) is 12.8 Å². The van der Waals surface area contributed by atoms with Gasteiger partial charge in [-0.1, -0.05) is 49.9 Å². The number of ether oxygens (including phenoxy) is 2. The lowest BCUT2D eigenvalue weighted by molar-refractivity contribution is -0.112. The first kappa shape index (κ1) is 23.0. The van der Waals surface area contributed by atoms with Gasteiger partial charge >= 0.3 is 0 Å². The highest BCUT2D eigenvalue weighted by atomic mass is 16.5.